The molecule has 102 valence electrons. The number of hydrogen-bond acceptors (Lipinski definition) is 5. The molecule has 0 amide bonds. The molecule has 1 N–H and O–H groups in total. The molecule has 0 fully saturated rings. The van der Waals surface area contributed by atoms with Gasteiger partial charge in [-0.2, -0.15) is 0 Å². The highest BCUT2D eigenvalue weighted by molar-refractivity contribution is 5.49. The van der Waals surface area contributed by atoms with Crippen molar-refractivity contribution in [2.75, 3.05) is 30.9 Å². The van der Waals surface area contributed by atoms with Gasteiger partial charge in [-0.3, -0.25) is 0 Å². The number of methoxy groups -OCH3 is 1. The Balaban J connectivity index is 2.97. The highest BCUT2D eigenvalue weighted by atomic mass is 16.5. The van der Waals surface area contributed by atoms with Crippen molar-refractivity contribution >= 4 is 11.6 Å². The summed E-state index contributed by atoms with van der Waals surface area (Å²) in [5, 5.41) is 3.29. The average molecular weight is 252 g/mol. The van der Waals surface area contributed by atoms with Gasteiger partial charge in [0.25, 0.3) is 0 Å². The van der Waals surface area contributed by atoms with Crippen LogP contribution in [0, 0.1) is 0 Å². The Bertz CT molecular complexity index is 368. The van der Waals surface area contributed by atoms with Gasteiger partial charge in [0.2, 0.25) is 0 Å². The van der Waals surface area contributed by atoms with E-state index in [1.54, 1.807) is 7.11 Å². The normalized spacial score (nSPS) is 10.8. The van der Waals surface area contributed by atoms with Crippen molar-refractivity contribution in [3.05, 3.63) is 11.9 Å². The molecule has 1 rings (SSSR count). The van der Waals surface area contributed by atoms with E-state index < -0.39 is 0 Å². The van der Waals surface area contributed by atoms with Gasteiger partial charge in [0.15, 0.2) is 5.82 Å². The molecule has 1 heterocycles. The second-order valence-corrected chi connectivity index (χ2v) is 4.59. The van der Waals surface area contributed by atoms with Crippen LogP contribution in [0.25, 0.3) is 0 Å². The van der Waals surface area contributed by atoms with E-state index in [1.807, 2.05) is 13.1 Å². The lowest BCUT2D eigenvalue weighted by atomic mass is 10.3. The monoisotopic (exact) mass is 252 g/mol. The van der Waals surface area contributed by atoms with E-state index in [2.05, 4.69) is 41.0 Å². The molecular weight excluding hydrogens is 228 g/mol. The van der Waals surface area contributed by atoms with Crippen molar-refractivity contribution in [3.63, 3.8) is 0 Å². The number of nitrogens with one attached hydrogen (secondary N) is 1. The van der Waals surface area contributed by atoms with Gasteiger partial charge in [-0.05, 0) is 20.3 Å². The molecule has 0 aliphatic carbocycles. The fraction of sp³-hybridized carbons (Fsp3) is 0.692. The minimum Gasteiger partial charge on any atom is -0.377 e. The van der Waals surface area contributed by atoms with Crippen LogP contribution in [0.4, 0.5) is 11.6 Å². The van der Waals surface area contributed by atoms with Crippen LogP contribution in [0.1, 0.15) is 33.0 Å². The molecule has 0 saturated carbocycles. The lowest BCUT2D eigenvalue weighted by Crippen LogP contribution is -2.27. The van der Waals surface area contributed by atoms with Crippen molar-refractivity contribution in [1.82, 2.24) is 9.97 Å². The lowest BCUT2D eigenvalue weighted by molar-refractivity contribution is 0.178. The van der Waals surface area contributed by atoms with Crippen LogP contribution < -0.4 is 10.2 Å². The topological polar surface area (TPSA) is 50.3 Å². The van der Waals surface area contributed by atoms with Crippen molar-refractivity contribution in [3.8, 4) is 0 Å². The van der Waals surface area contributed by atoms with E-state index in [4.69, 9.17) is 4.74 Å². The summed E-state index contributed by atoms with van der Waals surface area (Å²) in [5.41, 5.74) is 0. The molecule has 0 aromatic carbocycles. The van der Waals surface area contributed by atoms with Gasteiger partial charge in [-0.15, -0.1) is 0 Å². The molecule has 5 nitrogen and oxygen atoms in total. The molecule has 5 heteroatoms. The predicted molar refractivity (Wildman–Crippen MR) is 75.1 cm³/mol. The molecule has 0 bridgehead atoms. The highest BCUT2D eigenvalue weighted by Crippen LogP contribution is 2.17. The Hall–Kier alpha value is -1.36. The zero-order valence-corrected chi connectivity index (χ0v) is 12.0. The molecular formula is C13H24N4O. The van der Waals surface area contributed by atoms with Crippen LogP contribution in [0.3, 0.4) is 0 Å². The summed E-state index contributed by atoms with van der Waals surface area (Å²) < 4.78 is 5.11. The third kappa shape index (κ3) is 4.14. The molecule has 0 aliphatic rings. The summed E-state index contributed by atoms with van der Waals surface area (Å²) in [4.78, 5) is 11.1. The summed E-state index contributed by atoms with van der Waals surface area (Å²) in [7, 11) is 3.69. The van der Waals surface area contributed by atoms with Crippen LogP contribution in [-0.2, 0) is 11.3 Å². The lowest BCUT2D eigenvalue weighted by Gasteiger charge is -2.23. The smallest absolute Gasteiger partial charge is 0.158 e. The van der Waals surface area contributed by atoms with Crippen LogP contribution in [0.15, 0.2) is 6.07 Å². The van der Waals surface area contributed by atoms with E-state index in [0.717, 1.165) is 24.6 Å². The fourth-order valence-electron chi connectivity index (χ4n) is 1.47. The third-order valence-corrected chi connectivity index (χ3v) is 2.72. The summed E-state index contributed by atoms with van der Waals surface area (Å²) in [5.74, 6) is 2.49. The molecule has 0 unspecified atom stereocenters. The van der Waals surface area contributed by atoms with Gasteiger partial charge in [0.05, 0.1) is 0 Å². The van der Waals surface area contributed by atoms with E-state index in [1.165, 1.54) is 0 Å². The minimum atomic E-state index is 0.398. The second kappa shape index (κ2) is 7.16. The first kappa shape index (κ1) is 14.7. The van der Waals surface area contributed by atoms with Gasteiger partial charge in [-0.1, -0.05) is 6.92 Å². The predicted octanol–water partition coefficient (Wildman–Crippen LogP) is 2.29. The standard InChI is InChI=1S/C13H24N4O/c1-6-7-14-11-8-13(17(4)10(2)3)16-12(15-11)9-18-5/h8,10H,6-7,9H2,1-5H3,(H,14,15,16). The SMILES string of the molecule is CCCNc1cc(N(C)C(C)C)nc(COC)n1. The Kier molecular flexibility index (Phi) is 5.85. The van der Waals surface area contributed by atoms with E-state index in [-0.39, 0.29) is 0 Å². The molecule has 18 heavy (non-hydrogen) atoms. The number of nitrogens with zero attached hydrogens (tertiary/aromatic N) is 3. The minimum absolute atomic E-state index is 0.398. The number of anilines is 2. The summed E-state index contributed by atoms with van der Waals surface area (Å²) in [6, 6.07) is 2.38. The maximum Gasteiger partial charge on any atom is 0.158 e. The molecule has 0 aliphatic heterocycles. The van der Waals surface area contributed by atoms with Crippen LogP contribution in [0.2, 0.25) is 0 Å². The first-order valence-corrected chi connectivity index (χ1v) is 6.42. The molecule has 0 saturated heterocycles. The Morgan fingerprint density at radius 2 is 2.11 bits per heavy atom. The molecule has 0 radical (unpaired) electrons. The average Bonchev–Trinajstić information content (AvgIpc) is 2.35. The summed E-state index contributed by atoms with van der Waals surface area (Å²) in [6.07, 6.45) is 1.07. The van der Waals surface area contributed by atoms with E-state index >= 15 is 0 Å². The van der Waals surface area contributed by atoms with Gasteiger partial charge in [0, 0.05) is 32.8 Å². The Morgan fingerprint density at radius 1 is 1.39 bits per heavy atom. The maximum atomic E-state index is 5.11. The number of aromatic nitrogens is 2. The van der Waals surface area contributed by atoms with Crippen LogP contribution in [-0.4, -0.2) is 36.7 Å². The van der Waals surface area contributed by atoms with Gasteiger partial charge in [0.1, 0.15) is 18.2 Å². The largest absolute Gasteiger partial charge is 0.377 e. The van der Waals surface area contributed by atoms with E-state index in [0.29, 0.717) is 18.5 Å². The molecule has 0 atom stereocenters. The first-order chi connectivity index (χ1) is 8.58. The van der Waals surface area contributed by atoms with Gasteiger partial charge >= 0.3 is 0 Å². The first-order valence-electron chi connectivity index (χ1n) is 6.42. The van der Waals surface area contributed by atoms with Crippen LogP contribution in [0.5, 0.6) is 0 Å². The van der Waals surface area contributed by atoms with Crippen LogP contribution >= 0.6 is 0 Å². The second-order valence-electron chi connectivity index (χ2n) is 4.59. The summed E-state index contributed by atoms with van der Waals surface area (Å²) in [6.45, 7) is 7.74. The zero-order valence-electron chi connectivity index (χ0n) is 12.0. The molecule has 0 spiro atoms. The quantitative estimate of drug-likeness (QED) is 0.807. The molecule has 1 aromatic rings. The number of ether oxygens (including phenoxy) is 1. The Morgan fingerprint density at radius 3 is 2.67 bits per heavy atom. The molecule has 1 aromatic heterocycles. The number of hydrogen-bond donors (Lipinski definition) is 1. The van der Waals surface area contributed by atoms with Crippen molar-refractivity contribution in [2.24, 2.45) is 0 Å². The Labute approximate surface area is 110 Å². The van der Waals surface area contributed by atoms with Crippen molar-refractivity contribution < 1.29 is 4.74 Å². The maximum absolute atomic E-state index is 5.11. The van der Waals surface area contributed by atoms with Gasteiger partial charge < -0.3 is 15.0 Å². The third-order valence-electron chi connectivity index (χ3n) is 2.72. The van der Waals surface area contributed by atoms with E-state index in [9.17, 15) is 0 Å². The zero-order chi connectivity index (χ0) is 13.5. The van der Waals surface area contributed by atoms with Crippen molar-refractivity contribution in [1.29, 1.82) is 0 Å². The highest BCUT2D eigenvalue weighted by Gasteiger charge is 2.10. The van der Waals surface area contributed by atoms with Gasteiger partial charge in [-0.25, -0.2) is 9.97 Å². The fourth-order valence-corrected chi connectivity index (χ4v) is 1.47. The summed E-state index contributed by atoms with van der Waals surface area (Å²) >= 11 is 0. The number of rotatable bonds is 7. The van der Waals surface area contributed by atoms with Crippen molar-refractivity contribution in [2.45, 2.75) is 39.8 Å².